The summed E-state index contributed by atoms with van der Waals surface area (Å²) in [5, 5.41) is 9.88. The highest BCUT2D eigenvalue weighted by atomic mass is 19.1. The van der Waals surface area contributed by atoms with Gasteiger partial charge in [-0.1, -0.05) is 18.6 Å². The van der Waals surface area contributed by atoms with Crippen LogP contribution in [0.2, 0.25) is 0 Å². The van der Waals surface area contributed by atoms with E-state index in [1.807, 2.05) is 22.7 Å². The topological polar surface area (TPSA) is 103 Å². The SMILES string of the molecule is C=C[C@]1(C(=O)O)CCC[C@@H](c2nc(-c3ccc(Oc4cccc(F)c4)cc3)c3c(N)nccn23)C1. The maximum Gasteiger partial charge on any atom is 0.313 e. The number of imidazole rings is 1. The summed E-state index contributed by atoms with van der Waals surface area (Å²) >= 11 is 0. The van der Waals surface area contributed by atoms with Crippen LogP contribution in [-0.2, 0) is 4.79 Å². The Morgan fingerprint density at radius 2 is 2.06 bits per heavy atom. The first kappa shape index (κ1) is 22.6. The van der Waals surface area contributed by atoms with Gasteiger partial charge in [0, 0.05) is 29.9 Å². The predicted molar refractivity (Wildman–Crippen MR) is 131 cm³/mol. The fourth-order valence-electron chi connectivity index (χ4n) is 4.92. The summed E-state index contributed by atoms with van der Waals surface area (Å²) < 4.78 is 21.1. The molecule has 0 amide bonds. The number of anilines is 1. The minimum Gasteiger partial charge on any atom is -0.481 e. The zero-order valence-electron chi connectivity index (χ0n) is 19.0. The summed E-state index contributed by atoms with van der Waals surface area (Å²) in [6.45, 7) is 3.81. The Morgan fingerprint density at radius 1 is 1.26 bits per heavy atom. The number of rotatable bonds is 6. The van der Waals surface area contributed by atoms with E-state index >= 15 is 0 Å². The number of carbonyl (C=O) groups is 1. The molecule has 4 aromatic rings. The molecule has 1 fully saturated rings. The van der Waals surface area contributed by atoms with Crippen LogP contribution in [0, 0.1) is 11.2 Å². The molecule has 8 heteroatoms. The van der Waals surface area contributed by atoms with Gasteiger partial charge in [-0.3, -0.25) is 9.20 Å². The lowest BCUT2D eigenvalue weighted by molar-refractivity contribution is -0.148. The Morgan fingerprint density at radius 3 is 2.77 bits per heavy atom. The smallest absolute Gasteiger partial charge is 0.313 e. The first-order valence-electron chi connectivity index (χ1n) is 11.4. The standard InChI is InChI=1S/C27H25FN4O3/c1-2-27(26(33)34)12-4-5-18(16-27)25-31-22(23-24(29)30-13-14-32(23)25)17-8-10-20(11-9-17)35-21-7-3-6-19(28)15-21/h2-3,6-11,13-15,18H,1,4-5,12,16H2,(H2,29,30)(H,33,34)/t18-,27+/m1/s1. The van der Waals surface area contributed by atoms with Crippen LogP contribution in [0.25, 0.3) is 16.8 Å². The number of carboxylic acids is 1. The Balaban J connectivity index is 1.52. The van der Waals surface area contributed by atoms with E-state index in [0.717, 1.165) is 24.2 Å². The normalized spacial score (nSPS) is 20.0. The quantitative estimate of drug-likeness (QED) is 0.343. The van der Waals surface area contributed by atoms with Gasteiger partial charge in [-0.05, 0) is 55.7 Å². The van der Waals surface area contributed by atoms with Crippen molar-refractivity contribution < 1.29 is 19.0 Å². The lowest BCUT2D eigenvalue weighted by atomic mass is 9.69. The van der Waals surface area contributed by atoms with E-state index in [1.54, 1.807) is 36.5 Å². The Bertz CT molecular complexity index is 1420. The number of benzene rings is 2. The number of nitrogen functional groups attached to an aromatic ring is 1. The number of nitrogens with two attached hydrogens (primary N) is 1. The molecule has 3 N–H and O–H groups in total. The van der Waals surface area contributed by atoms with Crippen molar-refractivity contribution in [2.24, 2.45) is 5.41 Å². The lowest BCUT2D eigenvalue weighted by Gasteiger charge is -2.34. The van der Waals surface area contributed by atoms with E-state index in [9.17, 15) is 14.3 Å². The molecule has 35 heavy (non-hydrogen) atoms. The maximum absolute atomic E-state index is 13.5. The van der Waals surface area contributed by atoms with Gasteiger partial charge < -0.3 is 15.6 Å². The van der Waals surface area contributed by atoms with Crippen LogP contribution < -0.4 is 10.5 Å². The molecule has 2 aromatic carbocycles. The zero-order valence-corrected chi connectivity index (χ0v) is 19.0. The van der Waals surface area contributed by atoms with Crippen LogP contribution >= 0.6 is 0 Å². The molecule has 1 aliphatic rings. The lowest BCUT2D eigenvalue weighted by Crippen LogP contribution is -2.34. The van der Waals surface area contributed by atoms with Gasteiger partial charge in [0.05, 0.1) is 5.41 Å². The number of hydrogen-bond acceptors (Lipinski definition) is 5. The molecule has 2 atom stereocenters. The van der Waals surface area contributed by atoms with Crippen LogP contribution in [0.4, 0.5) is 10.2 Å². The van der Waals surface area contributed by atoms with Gasteiger partial charge >= 0.3 is 5.97 Å². The van der Waals surface area contributed by atoms with Crippen molar-refractivity contribution in [3.8, 4) is 22.8 Å². The largest absolute Gasteiger partial charge is 0.481 e. The summed E-state index contributed by atoms with van der Waals surface area (Å²) in [5.74, 6) is 0.762. The minimum absolute atomic E-state index is 0.0727. The number of fused-ring (bicyclic) bond motifs is 1. The zero-order chi connectivity index (χ0) is 24.6. The summed E-state index contributed by atoms with van der Waals surface area (Å²) in [6.07, 6.45) is 7.56. The second-order valence-corrected chi connectivity index (χ2v) is 8.89. The fourth-order valence-corrected chi connectivity index (χ4v) is 4.92. The molecule has 1 aliphatic carbocycles. The van der Waals surface area contributed by atoms with Crippen LogP contribution in [0.5, 0.6) is 11.5 Å². The second-order valence-electron chi connectivity index (χ2n) is 8.89. The third-order valence-electron chi connectivity index (χ3n) is 6.74. The first-order valence-corrected chi connectivity index (χ1v) is 11.4. The van der Waals surface area contributed by atoms with Crippen molar-refractivity contribution in [3.63, 3.8) is 0 Å². The predicted octanol–water partition coefficient (Wildman–Crippen LogP) is 5.82. The number of carboxylic acid groups (broad SMARTS) is 1. The molecule has 0 unspecified atom stereocenters. The first-order chi connectivity index (χ1) is 16.9. The van der Waals surface area contributed by atoms with E-state index < -0.39 is 11.4 Å². The molecular formula is C27H25FN4O3. The highest BCUT2D eigenvalue weighted by molar-refractivity contribution is 5.85. The molecule has 0 aliphatic heterocycles. The molecular weight excluding hydrogens is 447 g/mol. The number of nitrogens with zero attached hydrogens (tertiary/aromatic N) is 3. The van der Waals surface area contributed by atoms with Crippen molar-refractivity contribution in [3.05, 3.63) is 85.2 Å². The molecule has 2 aromatic heterocycles. The second kappa shape index (κ2) is 8.87. The summed E-state index contributed by atoms with van der Waals surface area (Å²) in [5.41, 5.74) is 7.44. The van der Waals surface area contributed by atoms with E-state index in [1.165, 1.54) is 12.1 Å². The highest BCUT2D eigenvalue weighted by Gasteiger charge is 2.42. The van der Waals surface area contributed by atoms with Crippen molar-refractivity contribution in [1.29, 1.82) is 0 Å². The van der Waals surface area contributed by atoms with Crippen molar-refractivity contribution in [2.45, 2.75) is 31.6 Å². The van der Waals surface area contributed by atoms with Crippen LogP contribution in [0.1, 0.15) is 37.4 Å². The van der Waals surface area contributed by atoms with Crippen molar-refractivity contribution in [2.75, 3.05) is 5.73 Å². The molecule has 0 spiro atoms. The Kier molecular flexibility index (Phi) is 5.72. The third-order valence-corrected chi connectivity index (χ3v) is 6.74. The fraction of sp³-hybridized carbons (Fsp3) is 0.222. The molecule has 0 radical (unpaired) electrons. The molecule has 0 bridgehead atoms. The number of aliphatic carboxylic acids is 1. The summed E-state index contributed by atoms with van der Waals surface area (Å²) in [4.78, 5) is 21.3. The molecule has 0 saturated heterocycles. The van der Waals surface area contributed by atoms with E-state index in [2.05, 4.69) is 11.6 Å². The summed E-state index contributed by atoms with van der Waals surface area (Å²) in [6, 6.07) is 13.2. The van der Waals surface area contributed by atoms with Gasteiger partial charge in [0.25, 0.3) is 0 Å². The third kappa shape index (κ3) is 4.12. The van der Waals surface area contributed by atoms with Gasteiger partial charge in [-0.15, -0.1) is 6.58 Å². The van der Waals surface area contributed by atoms with Gasteiger partial charge in [-0.2, -0.15) is 0 Å². The number of hydrogen-bond donors (Lipinski definition) is 2. The monoisotopic (exact) mass is 472 g/mol. The molecule has 7 nitrogen and oxygen atoms in total. The van der Waals surface area contributed by atoms with E-state index in [-0.39, 0.29) is 11.7 Å². The van der Waals surface area contributed by atoms with Gasteiger partial charge in [0.15, 0.2) is 0 Å². The molecule has 5 rings (SSSR count). The van der Waals surface area contributed by atoms with E-state index in [4.69, 9.17) is 15.5 Å². The number of halogens is 1. The van der Waals surface area contributed by atoms with Crippen molar-refractivity contribution >= 4 is 17.3 Å². The number of ether oxygens (including phenoxy) is 1. The van der Waals surface area contributed by atoms with Gasteiger partial charge in [0.1, 0.15) is 40.2 Å². The Hall–Kier alpha value is -4.20. The molecule has 1 saturated carbocycles. The molecule has 2 heterocycles. The molecule has 178 valence electrons. The average Bonchev–Trinajstić information content (AvgIpc) is 3.25. The van der Waals surface area contributed by atoms with E-state index in [0.29, 0.717) is 41.4 Å². The Labute approximate surface area is 201 Å². The minimum atomic E-state index is -0.969. The van der Waals surface area contributed by atoms with Gasteiger partial charge in [0.2, 0.25) is 0 Å². The van der Waals surface area contributed by atoms with Crippen LogP contribution in [0.15, 0.2) is 73.6 Å². The van der Waals surface area contributed by atoms with Crippen LogP contribution in [-0.4, -0.2) is 25.4 Å². The van der Waals surface area contributed by atoms with Crippen LogP contribution in [0.3, 0.4) is 0 Å². The maximum atomic E-state index is 13.5. The van der Waals surface area contributed by atoms with Crippen molar-refractivity contribution in [1.82, 2.24) is 14.4 Å². The summed E-state index contributed by atoms with van der Waals surface area (Å²) in [7, 11) is 0. The average molecular weight is 473 g/mol. The van der Waals surface area contributed by atoms with Gasteiger partial charge in [-0.25, -0.2) is 14.4 Å². The number of aromatic nitrogens is 3. The highest BCUT2D eigenvalue weighted by Crippen LogP contribution is 2.46.